The zero-order valence-corrected chi connectivity index (χ0v) is 52.9. The Morgan fingerprint density at radius 3 is 2.03 bits per heavy atom. The van der Waals surface area contributed by atoms with E-state index in [4.69, 9.17) is 31.5 Å². The monoisotopic (exact) mass is 1270 g/mol. The van der Waals surface area contributed by atoms with Crippen molar-refractivity contribution in [1.82, 2.24) is 54.3 Å². The van der Waals surface area contributed by atoms with Gasteiger partial charge >= 0.3 is 0 Å². The molecule has 89 heavy (non-hydrogen) atoms. The van der Waals surface area contributed by atoms with Gasteiger partial charge in [-0.15, -0.1) is 10.2 Å². The van der Waals surface area contributed by atoms with E-state index in [1.54, 1.807) is 65.6 Å². The molecule has 9 heterocycles. The number of rotatable bonds is 18. The summed E-state index contributed by atoms with van der Waals surface area (Å²) < 4.78 is 106. The Balaban J connectivity index is 0.000000161. The van der Waals surface area contributed by atoms with Gasteiger partial charge in [-0.2, -0.15) is 16.8 Å². The number of ether oxygens (including phenoxy) is 2. The van der Waals surface area contributed by atoms with Gasteiger partial charge in [0.25, 0.3) is 31.9 Å². The molecule has 3 aliphatic heterocycles. The van der Waals surface area contributed by atoms with E-state index in [9.17, 15) is 26.4 Å². The van der Waals surface area contributed by atoms with Crippen LogP contribution < -0.4 is 39.8 Å². The van der Waals surface area contributed by atoms with Gasteiger partial charge in [0, 0.05) is 60.7 Å². The number of fused-ring (bicyclic) bond motifs is 8. The highest BCUT2D eigenvalue weighted by Crippen LogP contribution is 2.94. The Kier molecular flexibility index (Phi) is 13.7. The molecule has 2 amide bonds. The number of hydrogen-bond donors (Lipinski definition) is 5. The lowest BCUT2D eigenvalue weighted by Crippen LogP contribution is -2.41. The fourth-order valence-electron chi connectivity index (χ4n) is 15.5. The van der Waals surface area contributed by atoms with E-state index in [1.165, 1.54) is 28.9 Å². The summed E-state index contributed by atoms with van der Waals surface area (Å²) in [4.78, 5) is 46.3. The molecule has 6 saturated carbocycles. The molecule has 25 heteroatoms. The third-order valence-electron chi connectivity index (χ3n) is 20.5. The third kappa shape index (κ3) is 11.6. The minimum absolute atomic E-state index is 0.0545. The minimum atomic E-state index is -4.30. The maximum atomic E-state index is 13.7. The van der Waals surface area contributed by atoms with Crippen LogP contribution in [0.5, 0.6) is 11.8 Å². The molecule has 4 bridgehead atoms. The molecule has 9 aliphatic rings. The van der Waals surface area contributed by atoms with Crippen LogP contribution in [-0.2, 0) is 20.0 Å². The van der Waals surface area contributed by atoms with Crippen molar-refractivity contribution in [1.29, 1.82) is 0 Å². The first-order valence-corrected chi connectivity index (χ1v) is 34.6. The number of aromatic nitrogens is 8. The second-order valence-corrected chi connectivity index (χ2v) is 30.9. The lowest BCUT2D eigenvalue weighted by Gasteiger charge is -2.34. The van der Waals surface area contributed by atoms with Crippen LogP contribution in [0, 0.1) is 45.3 Å². The molecule has 0 unspecified atom stereocenters. The Labute approximate surface area is 530 Å². The number of carbonyl (C=O) groups excluding carboxylic acids is 2. The van der Waals surface area contributed by atoms with Gasteiger partial charge in [-0.25, -0.2) is 38.7 Å². The Morgan fingerprint density at radius 1 is 0.787 bits per heavy atom. The van der Waals surface area contributed by atoms with Gasteiger partial charge in [0.15, 0.2) is 21.7 Å². The Bertz CT molecular complexity index is 4140. The molecule has 8 fully saturated rings. The zero-order chi connectivity index (χ0) is 65.4. The zero-order valence-electron chi connectivity index (χ0n) is 54.5. The molecule has 0 radical (unpaired) electrons. The minimum Gasteiger partial charge on any atom is -0.477 e. The average molecular weight is 1280 g/mol. The van der Waals surface area contributed by atoms with Crippen LogP contribution in [-0.4, -0.2) is 119 Å². The van der Waals surface area contributed by atoms with Crippen LogP contribution in [0.2, 0.25) is 5.15 Å². The van der Waals surface area contributed by atoms with Crippen molar-refractivity contribution in [2.45, 2.75) is 151 Å². The summed E-state index contributed by atoms with van der Waals surface area (Å²) in [6.45, 7) is 11.5. The van der Waals surface area contributed by atoms with E-state index >= 15 is 0 Å². The number of nitrogens with one attached hydrogen (secondary N) is 5. The maximum Gasteiger partial charge on any atom is 0.281 e. The lowest BCUT2D eigenvalue weighted by atomic mass is 9.93. The molecule has 2 saturated heterocycles. The summed E-state index contributed by atoms with van der Waals surface area (Å²) in [6.07, 6.45) is 15.3. The molecular weight excluding hydrogens is 1190 g/mol. The van der Waals surface area contributed by atoms with Gasteiger partial charge in [-0.3, -0.25) is 9.59 Å². The summed E-state index contributed by atoms with van der Waals surface area (Å²) in [6, 6.07) is 18.6. The van der Waals surface area contributed by atoms with E-state index in [1.807, 2.05) is 4.72 Å². The summed E-state index contributed by atoms with van der Waals surface area (Å²) in [5.74, 6) is 1.82. The third-order valence-corrected chi connectivity index (χ3v) is 23.3. The SMILES string of the molecule is [2H]C([2H])(COc1ccn(-c2ccc(C(=O)NS(=O)(=O)c3cccc(NCCC[C@@H]4CNC(C)(C)C4)n3)c(Cl)n2)n1)C1C2(CC2)C12CC2.[2H]C([2H])(COc1ccn(-c2ccc3c(n2)N2C[C@@H](CCCNc4cccc(n4)S(=O)(=O)NC3=O)CC2(C)C)n1)C1C2(CC2)C12CC2. The molecule has 6 aliphatic carbocycles. The number of pyridine rings is 4. The molecule has 472 valence electrons. The second-order valence-electron chi connectivity index (χ2n) is 27.3. The molecule has 15 rings (SSSR count). The van der Waals surface area contributed by atoms with E-state index in [0.717, 1.165) is 96.4 Å². The molecule has 2 atom stereocenters. The van der Waals surface area contributed by atoms with Gasteiger partial charge in [0.1, 0.15) is 22.6 Å². The average Bonchev–Trinajstić information content (AvgIpc) is 1.44. The van der Waals surface area contributed by atoms with Crippen molar-refractivity contribution >= 4 is 60.9 Å². The number of halogens is 1. The predicted octanol–water partition coefficient (Wildman–Crippen LogP) is 9.52. The fourth-order valence-corrected chi connectivity index (χ4v) is 17.6. The van der Waals surface area contributed by atoms with Gasteiger partial charge in [0.2, 0.25) is 11.8 Å². The number of hydrogen-bond acceptors (Lipinski definition) is 18. The van der Waals surface area contributed by atoms with Crippen molar-refractivity contribution in [2.75, 3.05) is 54.9 Å². The summed E-state index contributed by atoms with van der Waals surface area (Å²) in [5, 5.41) is 18.0. The number of nitrogens with zero attached hydrogens (tertiary/aromatic N) is 9. The number of carbonyl (C=O) groups is 2. The number of amides is 2. The molecule has 6 aromatic rings. The quantitative estimate of drug-likeness (QED) is 0.0396. The van der Waals surface area contributed by atoms with Crippen LogP contribution in [0.1, 0.15) is 157 Å². The van der Waals surface area contributed by atoms with Crippen LogP contribution >= 0.6 is 11.6 Å². The number of anilines is 3. The molecule has 5 N–H and O–H groups in total. The fraction of sp³-hybridized carbons (Fsp3) is 0.562. The summed E-state index contributed by atoms with van der Waals surface area (Å²) >= 11 is 6.32. The van der Waals surface area contributed by atoms with E-state index in [-0.39, 0.29) is 95.8 Å². The van der Waals surface area contributed by atoms with Crippen molar-refractivity contribution in [3.63, 3.8) is 0 Å². The van der Waals surface area contributed by atoms with E-state index in [0.29, 0.717) is 60.6 Å². The highest BCUT2D eigenvalue weighted by molar-refractivity contribution is 7.90. The molecule has 0 aromatic carbocycles. The van der Waals surface area contributed by atoms with Crippen molar-refractivity contribution in [3.8, 4) is 23.4 Å². The second kappa shape index (κ2) is 22.2. The van der Waals surface area contributed by atoms with E-state index < -0.39 is 44.6 Å². The van der Waals surface area contributed by atoms with Crippen LogP contribution in [0.4, 0.5) is 17.5 Å². The standard InChI is InChI=1S/C32H40ClN7O4S.C32H39N7O4S/c1-30(2)19-21(20-35-30)5-4-16-34-24-6-3-7-27(36-24)45(42,43)39-29(41)22-8-9-25(37-28(22)33)40-17-10-26(38-40)44-18-11-23-31(12-13-31)32(23)14-15-32;1-30(2)19-21-5-4-16-33-24-6-3-7-27(34-24)44(41,42)37-29(40)22-8-9-25(35-28(22)38(30)20-21)39-17-10-26(36-39)43-18-11-23-31(12-13-31)32(23)14-15-32/h3,6-10,17,21,23,35H,4-5,11-16,18-20H2,1-2H3,(H,34,36)(H,39,41);3,6-10,17,21,23H,4-5,11-16,18-20H2,1-2H3,(H,33,34)(H,37,40)/t2*21-/m00/s1/i2*11D2. The van der Waals surface area contributed by atoms with Gasteiger partial charge < -0.3 is 30.3 Å². The van der Waals surface area contributed by atoms with Crippen LogP contribution in [0.25, 0.3) is 11.6 Å². The van der Waals surface area contributed by atoms with Crippen molar-refractivity contribution in [3.05, 3.63) is 101 Å². The molecule has 22 nitrogen and oxygen atoms in total. The molecule has 6 aromatic heterocycles. The summed E-state index contributed by atoms with van der Waals surface area (Å²) in [7, 11) is -8.56. The largest absolute Gasteiger partial charge is 0.477 e. The summed E-state index contributed by atoms with van der Waals surface area (Å²) in [5.41, 5.74) is 0.710. The molecular formula is C64H79ClN14O8S2. The van der Waals surface area contributed by atoms with Gasteiger partial charge in [-0.05, 0) is 231 Å². The number of sulfonamides is 2. The Hall–Kier alpha value is -6.89. The van der Waals surface area contributed by atoms with Crippen molar-refractivity contribution < 1.29 is 41.4 Å². The van der Waals surface area contributed by atoms with Crippen molar-refractivity contribution in [2.24, 2.45) is 45.3 Å². The molecule has 4 spiro atoms. The normalized spacial score (nSPS) is 24.6. The van der Waals surface area contributed by atoms with Crippen LogP contribution in [0.3, 0.4) is 0 Å². The first kappa shape index (κ1) is 55.0. The first-order chi connectivity index (χ1) is 44.1. The van der Waals surface area contributed by atoms with Gasteiger partial charge in [-0.1, -0.05) is 23.7 Å². The van der Waals surface area contributed by atoms with Crippen LogP contribution in [0.15, 0.2) is 95.2 Å². The lowest BCUT2D eigenvalue weighted by molar-refractivity contribution is 0.0972. The highest BCUT2D eigenvalue weighted by atomic mass is 35.5. The van der Waals surface area contributed by atoms with Gasteiger partial charge in [0.05, 0.1) is 24.3 Å². The first-order valence-electron chi connectivity index (χ1n) is 33.2. The maximum absolute atomic E-state index is 13.7. The van der Waals surface area contributed by atoms with E-state index in [2.05, 4.69) is 78.4 Å². The highest BCUT2D eigenvalue weighted by Gasteiger charge is 2.86. The smallest absolute Gasteiger partial charge is 0.281 e. The Morgan fingerprint density at radius 2 is 1.42 bits per heavy atom. The topological polar surface area (TPSA) is 271 Å². The predicted molar refractivity (Wildman–Crippen MR) is 335 cm³/mol.